The van der Waals surface area contributed by atoms with Gasteiger partial charge in [-0.3, -0.25) is 14.2 Å². The highest BCUT2D eigenvalue weighted by atomic mass is 32.1. The lowest BCUT2D eigenvalue weighted by Crippen LogP contribution is -2.42. The van der Waals surface area contributed by atoms with E-state index >= 15 is 0 Å². The predicted octanol–water partition coefficient (Wildman–Crippen LogP) is 1.62. The number of rotatable bonds is 7. The Morgan fingerprint density at radius 2 is 1.93 bits per heavy atom. The molecule has 0 unspecified atom stereocenters. The van der Waals surface area contributed by atoms with Crippen LogP contribution >= 0.6 is 11.3 Å². The third-order valence-corrected chi connectivity index (χ3v) is 6.21. The molecule has 27 heavy (non-hydrogen) atoms. The molecule has 8 heteroatoms. The third-order valence-electron chi connectivity index (χ3n) is 4.90. The first kappa shape index (κ1) is 19.8. The largest absolute Gasteiger partial charge is 0.465 e. The Kier molecular flexibility index (Phi) is 6.16. The molecule has 0 radical (unpaired) electrons. The van der Waals surface area contributed by atoms with Gasteiger partial charge in [0.15, 0.2) is 0 Å². The number of hydrogen-bond acceptors (Lipinski definition) is 6. The average molecular weight is 394 g/mol. The minimum atomic E-state index is -0.556. The van der Waals surface area contributed by atoms with Crippen LogP contribution in [0.3, 0.4) is 0 Å². The van der Waals surface area contributed by atoms with Crippen molar-refractivity contribution in [2.45, 2.75) is 52.1 Å². The maximum Gasteiger partial charge on any atom is 0.332 e. The molecule has 0 aromatic carbocycles. The zero-order valence-corrected chi connectivity index (χ0v) is 17.1. The van der Waals surface area contributed by atoms with Gasteiger partial charge in [-0.25, -0.2) is 9.36 Å². The van der Waals surface area contributed by atoms with Crippen molar-refractivity contribution in [1.29, 1.82) is 0 Å². The summed E-state index contributed by atoms with van der Waals surface area (Å²) < 4.78 is 7.70. The summed E-state index contributed by atoms with van der Waals surface area (Å²) in [4.78, 5) is 42.1. The van der Waals surface area contributed by atoms with Crippen molar-refractivity contribution in [3.05, 3.63) is 31.3 Å². The highest BCUT2D eigenvalue weighted by Crippen LogP contribution is 2.34. The fraction of sp³-hybridized carbons (Fsp3) is 0.632. The van der Waals surface area contributed by atoms with Crippen LogP contribution in [-0.4, -0.2) is 47.3 Å². The van der Waals surface area contributed by atoms with Crippen LogP contribution in [0, 0.1) is 0 Å². The molecule has 3 rings (SSSR count). The van der Waals surface area contributed by atoms with Gasteiger partial charge in [-0.05, 0) is 65.2 Å². The molecule has 2 aromatic heterocycles. The fourth-order valence-corrected chi connectivity index (χ4v) is 5.03. The van der Waals surface area contributed by atoms with E-state index in [1.54, 1.807) is 22.8 Å². The summed E-state index contributed by atoms with van der Waals surface area (Å²) in [6.07, 6.45) is 4.78. The molecule has 1 aliphatic rings. The second kappa shape index (κ2) is 8.39. The highest BCUT2D eigenvalue weighted by molar-refractivity contribution is 7.18. The Morgan fingerprint density at radius 1 is 1.19 bits per heavy atom. The Balaban J connectivity index is 2.15. The molecule has 0 amide bonds. The molecule has 0 spiro atoms. The maximum atomic E-state index is 13.1. The molecule has 2 aromatic rings. The van der Waals surface area contributed by atoms with Gasteiger partial charge < -0.3 is 9.64 Å². The van der Waals surface area contributed by atoms with Gasteiger partial charge in [0.1, 0.15) is 11.4 Å². The zero-order chi connectivity index (χ0) is 19.6. The summed E-state index contributed by atoms with van der Waals surface area (Å²) in [6, 6.07) is 0. The zero-order valence-electron chi connectivity index (χ0n) is 16.2. The van der Waals surface area contributed by atoms with Crippen LogP contribution in [-0.2, 0) is 35.5 Å². The van der Waals surface area contributed by atoms with E-state index in [9.17, 15) is 14.4 Å². The molecule has 0 N–H and O–H groups in total. The lowest BCUT2D eigenvalue weighted by Gasteiger charge is -2.14. The molecule has 7 nitrogen and oxygen atoms in total. The molecule has 0 saturated heterocycles. The third kappa shape index (κ3) is 4.01. The van der Waals surface area contributed by atoms with Crippen molar-refractivity contribution in [2.24, 2.45) is 0 Å². The normalized spacial score (nSPS) is 13.9. The lowest BCUT2D eigenvalue weighted by atomic mass is 9.97. The van der Waals surface area contributed by atoms with Crippen molar-refractivity contribution in [3.8, 4) is 0 Å². The second-order valence-electron chi connectivity index (χ2n) is 7.18. The van der Waals surface area contributed by atoms with E-state index in [1.807, 2.05) is 14.1 Å². The Labute approximate surface area is 162 Å². The van der Waals surface area contributed by atoms with Crippen LogP contribution in [0.5, 0.6) is 0 Å². The number of esters is 1. The number of carbonyl (C=O) groups is 1. The summed E-state index contributed by atoms with van der Waals surface area (Å²) in [5, 5.41) is 0.628. The van der Waals surface area contributed by atoms with E-state index in [2.05, 4.69) is 4.90 Å². The number of aromatic nitrogens is 2. The lowest BCUT2D eigenvalue weighted by molar-refractivity contribution is -0.143. The van der Waals surface area contributed by atoms with Crippen molar-refractivity contribution >= 4 is 27.5 Å². The molecular weight excluding hydrogens is 366 g/mol. The van der Waals surface area contributed by atoms with Gasteiger partial charge in [0.25, 0.3) is 5.56 Å². The summed E-state index contributed by atoms with van der Waals surface area (Å²) >= 11 is 1.57. The summed E-state index contributed by atoms with van der Waals surface area (Å²) in [7, 11) is 3.98. The van der Waals surface area contributed by atoms with E-state index in [4.69, 9.17) is 4.74 Å². The van der Waals surface area contributed by atoms with Crippen LogP contribution < -0.4 is 11.2 Å². The van der Waals surface area contributed by atoms with Gasteiger partial charge in [0, 0.05) is 11.4 Å². The van der Waals surface area contributed by atoms with Crippen molar-refractivity contribution in [3.63, 3.8) is 0 Å². The summed E-state index contributed by atoms with van der Waals surface area (Å²) in [5.74, 6) is -0.556. The predicted molar refractivity (Wildman–Crippen MR) is 107 cm³/mol. The highest BCUT2D eigenvalue weighted by Gasteiger charge is 2.24. The summed E-state index contributed by atoms with van der Waals surface area (Å²) in [5.41, 5.74) is 0.300. The number of thiophene rings is 1. The molecule has 0 fully saturated rings. The SMILES string of the molecule is CCOC(=O)Cn1c(=O)c2c3c(sc2n(CCCN(C)C)c1=O)CCCC3. The monoisotopic (exact) mass is 393 g/mol. The minimum Gasteiger partial charge on any atom is -0.465 e. The van der Waals surface area contributed by atoms with Crippen molar-refractivity contribution in [1.82, 2.24) is 14.0 Å². The molecule has 148 valence electrons. The first-order valence-electron chi connectivity index (χ1n) is 9.52. The summed E-state index contributed by atoms with van der Waals surface area (Å²) in [6.45, 7) is 2.96. The number of ether oxygens (including phenoxy) is 1. The Hall–Kier alpha value is -1.93. The minimum absolute atomic E-state index is 0.223. The van der Waals surface area contributed by atoms with Gasteiger partial charge in [0.2, 0.25) is 0 Å². The van der Waals surface area contributed by atoms with Crippen molar-refractivity contribution in [2.75, 3.05) is 27.2 Å². The molecule has 1 aliphatic carbocycles. The molecule has 0 bridgehead atoms. The van der Waals surface area contributed by atoms with Gasteiger partial charge in [0.05, 0.1) is 12.0 Å². The van der Waals surface area contributed by atoms with E-state index in [0.29, 0.717) is 11.9 Å². The number of fused-ring (bicyclic) bond motifs is 3. The number of nitrogens with zero attached hydrogens (tertiary/aromatic N) is 3. The fourth-order valence-electron chi connectivity index (χ4n) is 3.63. The van der Waals surface area contributed by atoms with Crippen LogP contribution in [0.2, 0.25) is 0 Å². The van der Waals surface area contributed by atoms with Crippen molar-refractivity contribution < 1.29 is 9.53 Å². The Bertz CT molecular complexity index is 954. The number of aryl methyl sites for hydroxylation is 3. The van der Waals surface area contributed by atoms with E-state index in [0.717, 1.165) is 53.6 Å². The molecule has 2 heterocycles. The van der Waals surface area contributed by atoms with E-state index in [1.165, 1.54) is 4.88 Å². The van der Waals surface area contributed by atoms with Gasteiger partial charge >= 0.3 is 11.7 Å². The van der Waals surface area contributed by atoms with Crippen LogP contribution in [0.25, 0.3) is 10.2 Å². The maximum absolute atomic E-state index is 13.1. The van der Waals surface area contributed by atoms with Gasteiger partial charge in [-0.15, -0.1) is 11.3 Å². The second-order valence-corrected chi connectivity index (χ2v) is 8.26. The van der Waals surface area contributed by atoms with E-state index in [-0.39, 0.29) is 18.7 Å². The smallest absolute Gasteiger partial charge is 0.332 e. The molecule has 0 atom stereocenters. The van der Waals surface area contributed by atoms with Gasteiger partial charge in [-0.2, -0.15) is 0 Å². The quantitative estimate of drug-likeness (QED) is 0.669. The van der Waals surface area contributed by atoms with Crippen LogP contribution in [0.1, 0.15) is 36.6 Å². The molecule has 0 aliphatic heterocycles. The standard InChI is InChI=1S/C19H27N3O4S/c1-4-26-15(23)12-22-17(24)16-13-8-5-6-9-14(13)27-18(16)21(19(22)25)11-7-10-20(2)3/h4-12H2,1-3H3. The topological polar surface area (TPSA) is 73.5 Å². The van der Waals surface area contributed by atoms with Gasteiger partial charge in [-0.1, -0.05) is 0 Å². The molecule has 0 saturated carbocycles. The molecular formula is C19H27N3O4S. The number of hydrogen-bond donors (Lipinski definition) is 0. The Morgan fingerprint density at radius 3 is 2.63 bits per heavy atom. The number of carbonyl (C=O) groups excluding carboxylic acids is 1. The first-order chi connectivity index (χ1) is 12.9. The van der Waals surface area contributed by atoms with E-state index < -0.39 is 11.7 Å². The van der Waals surface area contributed by atoms with Crippen LogP contribution in [0.15, 0.2) is 9.59 Å². The average Bonchev–Trinajstić information content (AvgIpc) is 3.01. The van der Waals surface area contributed by atoms with Crippen LogP contribution in [0.4, 0.5) is 0 Å². The first-order valence-corrected chi connectivity index (χ1v) is 10.3.